The van der Waals surface area contributed by atoms with E-state index in [-0.39, 0.29) is 0 Å². The van der Waals surface area contributed by atoms with Crippen LogP contribution in [0.5, 0.6) is 5.75 Å². The summed E-state index contributed by atoms with van der Waals surface area (Å²) < 4.78 is 26.7. The summed E-state index contributed by atoms with van der Waals surface area (Å²) in [5, 5.41) is 10.8. The van der Waals surface area contributed by atoms with E-state index in [0.29, 0.717) is 11.4 Å². The quantitative estimate of drug-likeness (QED) is 0.769. The summed E-state index contributed by atoms with van der Waals surface area (Å²) in [5.41, 5.74) is 0.399. The number of benzene rings is 1. The van der Waals surface area contributed by atoms with Crippen LogP contribution in [-0.4, -0.2) is 44.0 Å². The molecule has 0 spiro atoms. The molecule has 8 heteroatoms. The molecule has 1 aromatic carbocycles. The number of hydrogen-bond donors (Lipinski definition) is 2. The Labute approximate surface area is 110 Å². The Morgan fingerprint density at radius 1 is 1.26 bits per heavy atom. The molecule has 19 heavy (non-hydrogen) atoms. The van der Waals surface area contributed by atoms with Crippen molar-refractivity contribution in [1.29, 1.82) is 0 Å². The van der Waals surface area contributed by atoms with Crippen LogP contribution in [0, 0.1) is 0 Å². The lowest BCUT2D eigenvalue weighted by atomic mass is 10.3. The average molecular weight is 287 g/mol. The van der Waals surface area contributed by atoms with Gasteiger partial charge in [-0.25, -0.2) is 13.2 Å². The van der Waals surface area contributed by atoms with E-state index in [1.54, 1.807) is 0 Å². The number of ether oxygens (including phenoxy) is 1. The molecule has 0 bridgehead atoms. The number of carbonyl (C=O) groups is 2. The number of sulfone groups is 1. The van der Waals surface area contributed by atoms with Crippen molar-refractivity contribution in [2.45, 2.75) is 0 Å². The van der Waals surface area contributed by atoms with Gasteiger partial charge in [-0.2, -0.15) is 0 Å². The van der Waals surface area contributed by atoms with Gasteiger partial charge < -0.3 is 15.2 Å². The average Bonchev–Trinajstić information content (AvgIpc) is 2.25. The number of amides is 1. The molecule has 0 fully saturated rings. The third-order valence-electron chi connectivity index (χ3n) is 1.89. The van der Waals surface area contributed by atoms with Crippen LogP contribution in [0.4, 0.5) is 5.69 Å². The Hall–Kier alpha value is -2.09. The Balaban J connectivity index is 2.57. The minimum absolute atomic E-state index is 0.337. The fourth-order valence-electron chi connectivity index (χ4n) is 1.21. The summed E-state index contributed by atoms with van der Waals surface area (Å²) in [6.45, 7) is -0.459. The van der Waals surface area contributed by atoms with Gasteiger partial charge in [-0.15, -0.1) is 0 Å². The molecule has 1 amide bonds. The van der Waals surface area contributed by atoms with Crippen molar-refractivity contribution in [3.63, 3.8) is 0 Å². The maximum atomic E-state index is 11.3. The van der Waals surface area contributed by atoms with Crippen LogP contribution in [0.1, 0.15) is 0 Å². The second kappa shape index (κ2) is 6.19. The highest BCUT2D eigenvalue weighted by molar-refractivity contribution is 7.91. The molecule has 0 atom stereocenters. The van der Waals surface area contributed by atoms with Gasteiger partial charge in [0.25, 0.3) is 0 Å². The Bertz CT molecular complexity index is 563. The summed E-state index contributed by atoms with van der Waals surface area (Å²) >= 11 is 0. The zero-order chi connectivity index (χ0) is 14.5. The molecule has 0 saturated carbocycles. The highest BCUT2D eigenvalue weighted by Gasteiger charge is 2.10. The lowest BCUT2D eigenvalue weighted by Gasteiger charge is -2.06. The molecule has 1 aromatic rings. The molecule has 0 aromatic heterocycles. The zero-order valence-electron chi connectivity index (χ0n) is 10.1. The van der Waals surface area contributed by atoms with Crippen molar-refractivity contribution in [3.05, 3.63) is 24.3 Å². The van der Waals surface area contributed by atoms with Crippen LogP contribution >= 0.6 is 0 Å². The second-order valence-corrected chi connectivity index (χ2v) is 5.97. The fraction of sp³-hybridized carbons (Fsp3) is 0.273. The molecule has 0 heterocycles. The molecule has 104 valence electrons. The number of nitrogens with one attached hydrogen (secondary N) is 1. The summed E-state index contributed by atoms with van der Waals surface area (Å²) in [7, 11) is -3.37. The minimum Gasteiger partial charge on any atom is -0.482 e. The van der Waals surface area contributed by atoms with Crippen LogP contribution in [0.15, 0.2) is 24.3 Å². The predicted octanol–water partition coefficient (Wildman–Crippen LogP) is 0.133. The van der Waals surface area contributed by atoms with Gasteiger partial charge in [-0.1, -0.05) is 0 Å². The predicted molar refractivity (Wildman–Crippen MR) is 67.9 cm³/mol. The first kappa shape index (κ1) is 15.0. The fourth-order valence-corrected chi connectivity index (χ4v) is 1.76. The number of anilines is 1. The lowest BCUT2D eigenvalue weighted by molar-refractivity contribution is -0.139. The van der Waals surface area contributed by atoms with Crippen molar-refractivity contribution in [3.8, 4) is 5.75 Å². The first-order valence-corrected chi connectivity index (χ1v) is 7.24. The number of carboxylic acids is 1. The van der Waals surface area contributed by atoms with Gasteiger partial charge in [0.2, 0.25) is 5.91 Å². The molecule has 0 radical (unpaired) electrons. The van der Waals surface area contributed by atoms with E-state index >= 15 is 0 Å². The molecule has 0 aliphatic heterocycles. The SMILES string of the molecule is CS(=O)(=O)CC(=O)Nc1ccc(OCC(=O)O)cc1. The normalized spacial score (nSPS) is 10.8. The van der Waals surface area contributed by atoms with Gasteiger partial charge in [0.05, 0.1) is 0 Å². The first-order valence-electron chi connectivity index (χ1n) is 5.18. The molecule has 0 saturated heterocycles. The molecule has 2 N–H and O–H groups in total. The topological polar surface area (TPSA) is 110 Å². The van der Waals surface area contributed by atoms with E-state index in [9.17, 15) is 18.0 Å². The standard InChI is InChI=1S/C11H13NO6S/c1-19(16,17)7-10(13)12-8-2-4-9(5-3-8)18-6-11(14)15/h2-5H,6-7H2,1H3,(H,12,13)(H,14,15). The van der Waals surface area contributed by atoms with Gasteiger partial charge >= 0.3 is 5.97 Å². The van der Waals surface area contributed by atoms with Gasteiger partial charge in [-0.05, 0) is 24.3 Å². The maximum absolute atomic E-state index is 11.3. The summed E-state index contributed by atoms with van der Waals surface area (Å²) in [6, 6.07) is 5.91. The Morgan fingerprint density at radius 3 is 2.32 bits per heavy atom. The van der Waals surface area contributed by atoms with Crippen LogP contribution < -0.4 is 10.1 Å². The number of carboxylic acid groups (broad SMARTS) is 1. The van der Waals surface area contributed by atoms with E-state index in [1.165, 1.54) is 24.3 Å². The number of carbonyl (C=O) groups excluding carboxylic acids is 1. The van der Waals surface area contributed by atoms with Crippen molar-refractivity contribution < 1.29 is 27.9 Å². The molecule has 7 nitrogen and oxygen atoms in total. The van der Waals surface area contributed by atoms with Crippen LogP contribution in [0.25, 0.3) is 0 Å². The van der Waals surface area contributed by atoms with Crippen molar-refractivity contribution in [1.82, 2.24) is 0 Å². The summed E-state index contributed by atoms with van der Waals surface area (Å²) in [6.07, 6.45) is 0.968. The zero-order valence-corrected chi connectivity index (χ0v) is 10.9. The third-order valence-corrected chi connectivity index (χ3v) is 2.68. The smallest absolute Gasteiger partial charge is 0.341 e. The van der Waals surface area contributed by atoms with Gasteiger partial charge in [0, 0.05) is 11.9 Å². The van der Waals surface area contributed by atoms with Crippen LogP contribution in [0.3, 0.4) is 0 Å². The Kier molecular flexibility index (Phi) is 4.87. The summed E-state index contributed by atoms with van der Waals surface area (Å²) in [4.78, 5) is 21.6. The molecule has 0 aliphatic rings. The number of aliphatic carboxylic acids is 1. The van der Waals surface area contributed by atoms with Gasteiger partial charge in [0.1, 0.15) is 11.5 Å². The molecule has 1 rings (SSSR count). The molecular weight excluding hydrogens is 274 g/mol. The van der Waals surface area contributed by atoms with Crippen molar-refractivity contribution in [2.75, 3.05) is 23.9 Å². The highest BCUT2D eigenvalue weighted by Crippen LogP contribution is 2.15. The number of hydrogen-bond acceptors (Lipinski definition) is 5. The largest absolute Gasteiger partial charge is 0.482 e. The highest BCUT2D eigenvalue weighted by atomic mass is 32.2. The number of rotatable bonds is 6. The van der Waals surface area contributed by atoms with Crippen molar-refractivity contribution in [2.24, 2.45) is 0 Å². The van der Waals surface area contributed by atoms with Gasteiger partial charge in [0.15, 0.2) is 16.4 Å². The first-order chi connectivity index (χ1) is 8.76. The second-order valence-electron chi connectivity index (χ2n) is 3.83. The van der Waals surface area contributed by atoms with Crippen LogP contribution in [0.2, 0.25) is 0 Å². The van der Waals surface area contributed by atoms with E-state index in [0.717, 1.165) is 6.26 Å². The lowest BCUT2D eigenvalue weighted by Crippen LogP contribution is -2.21. The van der Waals surface area contributed by atoms with E-state index < -0.39 is 34.1 Å². The van der Waals surface area contributed by atoms with Gasteiger partial charge in [-0.3, -0.25) is 4.79 Å². The minimum atomic E-state index is -3.37. The summed E-state index contributed by atoms with van der Waals surface area (Å²) in [5.74, 6) is -1.99. The van der Waals surface area contributed by atoms with E-state index in [2.05, 4.69) is 5.32 Å². The third kappa shape index (κ3) is 6.41. The Morgan fingerprint density at radius 2 is 1.84 bits per heavy atom. The molecular formula is C11H13NO6S. The van der Waals surface area contributed by atoms with E-state index in [4.69, 9.17) is 9.84 Å². The maximum Gasteiger partial charge on any atom is 0.341 e. The molecule has 0 unspecified atom stereocenters. The van der Waals surface area contributed by atoms with Crippen LogP contribution in [-0.2, 0) is 19.4 Å². The van der Waals surface area contributed by atoms with Crippen molar-refractivity contribution >= 4 is 27.4 Å². The van der Waals surface area contributed by atoms with E-state index in [1.807, 2.05) is 0 Å². The monoisotopic (exact) mass is 287 g/mol. The molecule has 0 aliphatic carbocycles.